The first-order valence-electron chi connectivity index (χ1n) is 8.52. The molecule has 13 heteroatoms. The number of anilines is 1. The number of nitrogens with one attached hydrogen (secondary N) is 1. The Bertz CT molecular complexity index is 1160. The van der Waals surface area contributed by atoms with Crippen LogP contribution in [0, 0.1) is 27.2 Å². The van der Waals surface area contributed by atoms with E-state index in [9.17, 15) is 25.0 Å². The maximum Gasteiger partial charge on any atom is 0.281 e. The van der Waals surface area contributed by atoms with E-state index in [0.717, 1.165) is 12.1 Å². The van der Waals surface area contributed by atoms with Crippen molar-refractivity contribution in [2.24, 2.45) is 0 Å². The van der Waals surface area contributed by atoms with Crippen molar-refractivity contribution >= 4 is 46.2 Å². The minimum atomic E-state index is -0.759. The van der Waals surface area contributed by atoms with Gasteiger partial charge in [-0.3, -0.25) is 25.0 Å². The fourth-order valence-electron chi connectivity index (χ4n) is 2.62. The van der Waals surface area contributed by atoms with Gasteiger partial charge in [0.1, 0.15) is 16.3 Å². The summed E-state index contributed by atoms with van der Waals surface area (Å²) in [7, 11) is 0. The molecule has 31 heavy (non-hydrogen) atoms. The molecule has 11 nitrogen and oxygen atoms in total. The molecule has 0 fully saturated rings. The van der Waals surface area contributed by atoms with Crippen molar-refractivity contribution in [3.05, 3.63) is 84.1 Å². The van der Waals surface area contributed by atoms with Gasteiger partial charge in [-0.1, -0.05) is 29.3 Å². The molecule has 0 saturated heterocycles. The van der Waals surface area contributed by atoms with Gasteiger partial charge in [0.2, 0.25) is 0 Å². The Morgan fingerprint density at radius 2 is 1.81 bits per heavy atom. The SMILES string of the molecule is Cc1c([N+](=O)[O-])cc(NC(=O)c2ccn(COc3cccc(Cl)c3Cl)n2)cc1[N+](=O)[O-]. The van der Waals surface area contributed by atoms with Gasteiger partial charge in [-0.2, -0.15) is 5.10 Å². The zero-order valence-corrected chi connectivity index (χ0v) is 17.3. The monoisotopic (exact) mass is 465 g/mol. The van der Waals surface area contributed by atoms with Gasteiger partial charge in [0.05, 0.1) is 20.6 Å². The number of aromatic nitrogens is 2. The zero-order valence-electron chi connectivity index (χ0n) is 15.7. The van der Waals surface area contributed by atoms with Crippen LogP contribution in [0.25, 0.3) is 0 Å². The van der Waals surface area contributed by atoms with Crippen LogP contribution in [-0.4, -0.2) is 25.5 Å². The molecule has 1 heterocycles. The van der Waals surface area contributed by atoms with E-state index in [0.29, 0.717) is 10.8 Å². The van der Waals surface area contributed by atoms with Gasteiger partial charge in [-0.15, -0.1) is 0 Å². The molecule has 1 aromatic heterocycles. The Morgan fingerprint density at radius 3 is 2.42 bits per heavy atom. The summed E-state index contributed by atoms with van der Waals surface area (Å²) < 4.78 is 6.83. The Hall–Kier alpha value is -3.70. The minimum Gasteiger partial charge on any atom is -0.470 e. The summed E-state index contributed by atoms with van der Waals surface area (Å²) in [6.07, 6.45) is 1.47. The van der Waals surface area contributed by atoms with Crippen molar-refractivity contribution in [1.29, 1.82) is 0 Å². The largest absolute Gasteiger partial charge is 0.470 e. The van der Waals surface area contributed by atoms with E-state index in [4.69, 9.17) is 27.9 Å². The minimum absolute atomic E-state index is 0.0355. The first kappa shape index (κ1) is 22.0. The molecule has 1 amide bonds. The van der Waals surface area contributed by atoms with E-state index in [-0.39, 0.29) is 28.7 Å². The third-order valence-electron chi connectivity index (χ3n) is 4.15. The van der Waals surface area contributed by atoms with Gasteiger partial charge in [0.25, 0.3) is 17.3 Å². The summed E-state index contributed by atoms with van der Waals surface area (Å²) in [5.74, 6) is -0.387. The summed E-state index contributed by atoms with van der Waals surface area (Å²) in [5.41, 5.74) is -1.23. The predicted molar refractivity (Wildman–Crippen MR) is 112 cm³/mol. The second-order valence-electron chi connectivity index (χ2n) is 6.17. The fourth-order valence-corrected chi connectivity index (χ4v) is 2.96. The maximum absolute atomic E-state index is 12.4. The molecule has 1 N–H and O–H groups in total. The number of nitro groups is 2. The van der Waals surface area contributed by atoms with Crippen molar-refractivity contribution in [1.82, 2.24) is 9.78 Å². The summed E-state index contributed by atoms with van der Waals surface area (Å²) >= 11 is 12.0. The van der Waals surface area contributed by atoms with Crippen molar-refractivity contribution in [3.63, 3.8) is 0 Å². The van der Waals surface area contributed by atoms with Crippen molar-refractivity contribution in [3.8, 4) is 5.75 Å². The summed E-state index contributed by atoms with van der Waals surface area (Å²) in [6, 6.07) is 8.35. The fraction of sp³-hybridized carbons (Fsp3) is 0.111. The van der Waals surface area contributed by atoms with Gasteiger partial charge in [0.15, 0.2) is 12.4 Å². The molecule has 0 unspecified atom stereocenters. The summed E-state index contributed by atoms with van der Waals surface area (Å²) in [5, 5.41) is 29.3. The number of hydrogen-bond acceptors (Lipinski definition) is 7. The number of halogens is 2. The highest BCUT2D eigenvalue weighted by Crippen LogP contribution is 2.32. The molecular formula is C18H13Cl2N5O6. The van der Waals surface area contributed by atoms with E-state index in [1.54, 1.807) is 18.2 Å². The maximum atomic E-state index is 12.4. The Morgan fingerprint density at radius 1 is 1.16 bits per heavy atom. The van der Waals surface area contributed by atoms with Crippen molar-refractivity contribution < 1.29 is 19.4 Å². The molecule has 0 aliphatic carbocycles. The highest BCUT2D eigenvalue weighted by molar-refractivity contribution is 6.42. The molecule has 3 aromatic rings. The van der Waals surface area contributed by atoms with Gasteiger partial charge < -0.3 is 10.1 Å². The van der Waals surface area contributed by atoms with Crippen LogP contribution in [0.5, 0.6) is 5.75 Å². The number of carbonyl (C=O) groups excluding carboxylic acids is 1. The molecule has 0 aliphatic heterocycles. The number of nitro benzene ring substituents is 2. The first-order chi connectivity index (χ1) is 14.7. The van der Waals surface area contributed by atoms with Gasteiger partial charge >= 0.3 is 0 Å². The van der Waals surface area contributed by atoms with Crippen LogP contribution in [0.4, 0.5) is 17.1 Å². The van der Waals surface area contributed by atoms with E-state index in [2.05, 4.69) is 10.4 Å². The summed E-state index contributed by atoms with van der Waals surface area (Å²) in [6.45, 7) is 1.19. The van der Waals surface area contributed by atoms with Crippen molar-refractivity contribution in [2.45, 2.75) is 13.7 Å². The Balaban J connectivity index is 1.75. The molecule has 0 saturated carbocycles. The highest BCUT2D eigenvalue weighted by Gasteiger charge is 2.24. The molecule has 160 valence electrons. The van der Waals surface area contributed by atoms with Crippen LogP contribution in [0.2, 0.25) is 10.0 Å². The Kier molecular flexibility index (Phi) is 6.37. The van der Waals surface area contributed by atoms with Crippen LogP contribution in [-0.2, 0) is 6.73 Å². The lowest BCUT2D eigenvalue weighted by atomic mass is 10.1. The smallest absolute Gasteiger partial charge is 0.281 e. The number of ether oxygens (including phenoxy) is 1. The van der Waals surface area contributed by atoms with E-state index in [1.807, 2.05) is 0 Å². The average molecular weight is 466 g/mol. The zero-order chi connectivity index (χ0) is 22.7. The normalized spacial score (nSPS) is 10.5. The Labute approximate surface area is 184 Å². The number of benzene rings is 2. The second-order valence-corrected chi connectivity index (χ2v) is 6.96. The molecule has 0 bridgehead atoms. The third kappa shape index (κ3) is 4.90. The number of nitrogens with zero attached hydrogens (tertiary/aromatic N) is 4. The lowest BCUT2D eigenvalue weighted by molar-refractivity contribution is -0.395. The molecule has 2 aromatic carbocycles. The van der Waals surface area contributed by atoms with Gasteiger partial charge in [-0.25, -0.2) is 4.68 Å². The predicted octanol–water partition coefficient (Wildman–Crippen LogP) is 4.60. The molecular weight excluding hydrogens is 453 g/mol. The van der Waals surface area contributed by atoms with Crippen LogP contribution in [0.3, 0.4) is 0 Å². The third-order valence-corrected chi connectivity index (χ3v) is 4.95. The summed E-state index contributed by atoms with van der Waals surface area (Å²) in [4.78, 5) is 33.3. The van der Waals surface area contributed by atoms with E-state index in [1.165, 1.54) is 23.9 Å². The number of hydrogen-bond donors (Lipinski definition) is 1. The number of amides is 1. The molecule has 3 rings (SSSR count). The second kappa shape index (κ2) is 8.98. The van der Waals surface area contributed by atoms with Crippen LogP contribution < -0.4 is 10.1 Å². The first-order valence-corrected chi connectivity index (χ1v) is 9.28. The lowest BCUT2D eigenvalue weighted by Gasteiger charge is -2.08. The lowest BCUT2D eigenvalue weighted by Crippen LogP contribution is -2.15. The van der Waals surface area contributed by atoms with Crippen molar-refractivity contribution in [2.75, 3.05) is 5.32 Å². The highest BCUT2D eigenvalue weighted by atomic mass is 35.5. The van der Waals surface area contributed by atoms with Gasteiger partial charge in [-0.05, 0) is 25.1 Å². The molecule has 0 atom stereocenters. The molecule has 0 spiro atoms. The van der Waals surface area contributed by atoms with E-state index < -0.39 is 27.1 Å². The number of rotatable bonds is 7. The average Bonchev–Trinajstić information content (AvgIpc) is 3.19. The molecule has 0 aliphatic rings. The molecule has 0 radical (unpaired) electrons. The van der Waals surface area contributed by atoms with Crippen LogP contribution in [0.1, 0.15) is 16.1 Å². The van der Waals surface area contributed by atoms with Crippen LogP contribution in [0.15, 0.2) is 42.6 Å². The van der Waals surface area contributed by atoms with Gasteiger partial charge in [0, 0.05) is 18.3 Å². The topological polar surface area (TPSA) is 142 Å². The van der Waals surface area contributed by atoms with E-state index >= 15 is 0 Å². The van der Waals surface area contributed by atoms with Crippen LogP contribution >= 0.6 is 23.2 Å². The number of carbonyl (C=O) groups is 1. The quantitative estimate of drug-likeness (QED) is 0.396. The standard InChI is InChI=1S/C18H13Cl2N5O6/c1-10-14(24(27)28)7-11(8-15(10)25(29)30)21-18(26)13-5-6-23(22-13)9-31-16-4-2-3-12(19)17(16)20/h2-8H,9H2,1H3,(H,21,26).